The maximum Gasteiger partial charge on any atom is 0.233 e. The van der Waals surface area contributed by atoms with Gasteiger partial charge in [-0.1, -0.05) is 34.6 Å². The predicted octanol–water partition coefficient (Wildman–Crippen LogP) is 2.82. The number of nitrogens with one attached hydrogen (secondary N) is 1. The Bertz CT molecular complexity index is 314. The molecule has 92 valence electrons. The minimum atomic E-state index is -0.0751. The summed E-state index contributed by atoms with van der Waals surface area (Å²) >= 11 is 0. The second-order valence-corrected chi connectivity index (χ2v) is 5.11. The van der Waals surface area contributed by atoms with Gasteiger partial charge in [0.15, 0.2) is 0 Å². The van der Waals surface area contributed by atoms with Gasteiger partial charge in [0.25, 0.3) is 0 Å². The third-order valence-electron chi connectivity index (χ3n) is 2.43. The van der Waals surface area contributed by atoms with E-state index in [1.54, 1.807) is 0 Å². The smallest absolute Gasteiger partial charge is 0.233 e. The van der Waals surface area contributed by atoms with Crippen LogP contribution in [0.15, 0.2) is 4.42 Å². The van der Waals surface area contributed by atoms with Gasteiger partial charge in [-0.25, -0.2) is 0 Å². The highest BCUT2D eigenvalue weighted by molar-refractivity contribution is 4.98. The van der Waals surface area contributed by atoms with Crippen molar-refractivity contribution in [3.05, 3.63) is 11.8 Å². The van der Waals surface area contributed by atoms with Crippen LogP contribution in [0, 0.1) is 0 Å². The van der Waals surface area contributed by atoms with Gasteiger partial charge in [-0.3, -0.25) is 0 Å². The van der Waals surface area contributed by atoms with Crippen LogP contribution in [0.1, 0.15) is 65.3 Å². The lowest BCUT2D eigenvalue weighted by molar-refractivity contribution is 0.334. The van der Waals surface area contributed by atoms with Crippen molar-refractivity contribution in [2.24, 2.45) is 0 Å². The molecule has 0 bridgehead atoms. The molecule has 0 fully saturated rings. The van der Waals surface area contributed by atoms with Gasteiger partial charge in [-0.05, 0) is 19.4 Å². The SMILES string of the molecule is CCCNC(CC)c1nnc(C(C)(C)C)o1. The lowest BCUT2D eigenvalue weighted by atomic mass is 9.97. The Morgan fingerprint density at radius 3 is 2.38 bits per heavy atom. The molecule has 1 rings (SSSR count). The van der Waals surface area contributed by atoms with Crippen LogP contribution >= 0.6 is 0 Å². The first-order valence-electron chi connectivity index (χ1n) is 6.06. The summed E-state index contributed by atoms with van der Waals surface area (Å²) < 4.78 is 5.71. The minimum absolute atomic E-state index is 0.0751. The van der Waals surface area contributed by atoms with E-state index in [0.717, 1.165) is 19.4 Å². The summed E-state index contributed by atoms with van der Waals surface area (Å²) in [5.41, 5.74) is -0.0751. The van der Waals surface area contributed by atoms with E-state index >= 15 is 0 Å². The summed E-state index contributed by atoms with van der Waals surface area (Å²) in [7, 11) is 0. The third kappa shape index (κ3) is 3.30. The fourth-order valence-electron chi connectivity index (χ4n) is 1.40. The van der Waals surface area contributed by atoms with Crippen molar-refractivity contribution in [3.8, 4) is 0 Å². The first-order valence-corrected chi connectivity index (χ1v) is 6.06. The Labute approximate surface area is 97.8 Å². The first kappa shape index (κ1) is 13.2. The van der Waals surface area contributed by atoms with E-state index in [0.29, 0.717) is 11.8 Å². The van der Waals surface area contributed by atoms with Crippen LogP contribution in [0.2, 0.25) is 0 Å². The Morgan fingerprint density at radius 1 is 1.25 bits per heavy atom. The van der Waals surface area contributed by atoms with E-state index < -0.39 is 0 Å². The molecule has 0 aromatic carbocycles. The maximum atomic E-state index is 5.71. The number of hydrogen-bond donors (Lipinski definition) is 1. The Morgan fingerprint density at radius 2 is 1.94 bits per heavy atom. The minimum Gasteiger partial charge on any atom is -0.423 e. The quantitative estimate of drug-likeness (QED) is 0.837. The summed E-state index contributed by atoms with van der Waals surface area (Å²) in [6.45, 7) is 11.5. The molecule has 0 saturated heterocycles. The molecule has 0 spiro atoms. The van der Waals surface area contributed by atoms with Crippen LogP contribution < -0.4 is 5.32 Å². The Kier molecular flexibility index (Phi) is 4.47. The summed E-state index contributed by atoms with van der Waals surface area (Å²) in [5, 5.41) is 11.6. The van der Waals surface area contributed by atoms with Crippen molar-refractivity contribution in [1.82, 2.24) is 15.5 Å². The fourth-order valence-corrected chi connectivity index (χ4v) is 1.40. The van der Waals surface area contributed by atoms with Crippen molar-refractivity contribution < 1.29 is 4.42 Å². The molecule has 0 amide bonds. The average molecular weight is 225 g/mol. The molecule has 4 heteroatoms. The largest absolute Gasteiger partial charge is 0.423 e. The van der Waals surface area contributed by atoms with Crippen molar-refractivity contribution in [2.45, 2.75) is 58.9 Å². The summed E-state index contributed by atoms with van der Waals surface area (Å²) in [5.74, 6) is 1.42. The van der Waals surface area contributed by atoms with Gasteiger partial charge in [0.1, 0.15) is 0 Å². The molecule has 1 aromatic heterocycles. The lowest BCUT2D eigenvalue weighted by Gasteiger charge is -2.13. The predicted molar refractivity (Wildman–Crippen MR) is 64.3 cm³/mol. The Hall–Kier alpha value is -0.900. The molecule has 0 radical (unpaired) electrons. The summed E-state index contributed by atoms with van der Waals surface area (Å²) in [6.07, 6.45) is 2.07. The van der Waals surface area contributed by atoms with E-state index in [4.69, 9.17) is 4.42 Å². The number of nitrogens with zero attached hydrogens (tertiary/aromatic N) is 2. The summed E-state index contributed by atoms with van der Waals surface area (Å²) in [4.78, 5) is 0. The summed E-state index contributed by atoms with van der Waals surface area (Å²) in [6, 6.07) is 0.184. The lowest BCUT2D eigenvalue weighted by Crippen LogP contribution is -2.21. The van der Waals surface area contributed by atoms with E-state index in [1.807, 2.05) is 0 Å². The zero-order valence-electron chi connectivity index (χ0n) is 11.0. The van der Waals surface area contributed by atoms with Crippen LogP contribution in [0.3, 0.4) is 0 Å². The number of rotatable bonds is 5. The molecule has 1 unspecified atom stereocenters. The van der Waals surface area contributed by atoms with E-state index in [1.165, 1.54) is 0 Å². The maximum absolute atomic E-state index is 5.71. The van der Waals surface area contributed by atoms with Gasteiger partial charge in [0, 0.05) is 5.41 Å². The number of aromatic nitrogens is 2. The topological polar surface area (TPSA) is 51.0 Å². The Balaban J connectivity index is 2.75. The van der Waals surface area contributed by atoms with Crippen molar-refractivity contribution in [1.29, 1.82) is 0 Å². The average Bonchev–Trinajstić information content (AvgIpc) is 2.68. The monoisotopic (exact) mass is 225 g/mol. The van der Waals surface area contributed by atoms with Gasteiger partial charge in [0.05, 0.1) is 6.04 Å². The van der Waals surface area contributed by atoms with Crippen LogP contribution in [-0.4, -0.2) is 16.7 Å². The van der Waals surface area contributed by atoms with Gasteiger partial charge in [-0.2, -0.15) is 0 Å². The molecule has 0 aliphatic rings. The highest BCUT2D eigenvalue weighted by Crippen LogP contribution is 2.23. The highest BCUT2D eigenvalue weighted by atomic mass is 16.4. The van der Waals surface area contributed by atoms with Gasteiger partial charge < -0.3 is 9.73 Å². The van der Waals surface area contributed by atoms with Crippen LogP contribution in [0.5, 0.6) is 0 Å². The van der Waals surface area contributed by atoms with E-state index in [2.05, 4.69) is 50.1 Å². The molecular formula is C12H23N3O. The third-order valence-corrected chi connectivity index (χ3v) is 2.43. The molecule has 1 N–H and O–H groups in total. The first-order chi connectivity index (χ1) is 7.49. The van der Waals surface area contributed by atoms with E-state index in [9.17, 15) is 0 Å². The van der Waals surface area contributed by atoms with E-state index in [-0.39, 0.29) is 11.5 Å². The van der Waals surface area contributed by atoms with Gasteiger partial charge in [-0.15, -0.1) is 10.2 Å². The fraction of sp³-hybridized carbons (Fsp3) is 0.833. The van der Waals surface area contributed by atoms with Crippen LogP contribution in [0.25, 0.3) is 0 Å². The van der Waals surface area contributed by atoms with Gasteiger partial charge >= 0.3 is 0 Å². The van der Waals surface area contributed by atoms with Gasteiger partial charge in [0.2, 0.25) is 11.8 Å². The van der Waals surface area contributed by atoms with Crippen molar-refractivity contribution in [3.63, 3.8) is 0 Å². The molecule has 0 aliphatic carbocycles. The van der Waals surface area contributed by atoms with Crippen molar-refractivity contribution >= 4 is 0 Å². The molecule has 16 heavy (non-hydrogen) atoms. The molecule has 0 aliphatic heterocycles. The van der Waals surface area contributed by atoms with Crippen molar-refractivity contribution in [2.75, 3.05) is 6.54 Å². The zero-order valence-corrected chi connectivity index (χ0v) is 11.0. The van der Waals surface area contributed by atoms with Crippen LogP contribution in [0.4, 0.5) is 0 Å². The highest BCUT2D eigenvalue weighted by Gasteiger charge is 2.23. The van der Waals surface area contributed by atoms with Crippen LogP contribution in [-0.2, 0) is 5.41 Å². The second kappa shape index (κ2) is 5.43. The molecule has 4 nitrogen and oxygen atoms in total. The molecule has 1 atom stereocenters. The number of hydrogen-bond acceptors (Lipinski definition) is 4. The molecule has 0 saturated carbocycles. The zero-order chi connectivity index (χ0) is 12.2. The molecule has 1 heterocycles. The second-order valence-electron chi connectivity index (χ2n) is 5.11. The molecule has 1 aromatic rings. The standard InChI is InChI=1S/C12H23N3O/c1-6-8-13-9(7-2)10-14-15-11(16-10)12(3,4)5/h9,13H,6-8H2,1-5H3. The molecular weight excluding hydrogens is 202 g/mol. The normalized spacial score (nSPS) is 14.1.